The molecule has 0 aliphatic carbocycles. The molecule has 2 aromatic carbocycles. The van der Waals surface area contributed by atoms with Crippen LogP contribution in [0.2, 0.25) is 0 Å². The van der Waals surface area contributed by atoms with Gasteiger partial charge in [0.25, 0.3) is 5.91 Å². The molecule has 3 rings (SSSR count). The zero-order valence-electron chi connectivity index (χ0n) is 16.2. The number of methoxy groups -OCH3 is 2. The summed E-state index contributed by atoms with van der Waals surface area (Å²) in [6.07, 6.45) is 0. The van der Waals surface area contributed by atoms with E-state index in [0.29, 0.717) is 34.0 Å². The molecule has 9 nitrogen and oxygen atoms in total. The molecule has 0 atom stereocenters. The van der Waals surface area contributed by atoms with Crippen molar-refractivity contribution in [2.24, 2.45) is 0 Å². The van der Waals surface area contributed by atoms with Crippen molar-refractivity contribution in [1.29, 1.82) is 0 Å². The SMILES string of the molecule is COc1ccc(NC(=O)c2ccccc2Cn2nc([N+](=O)[O-])cc2C)cc1OC. The molecule has 9 heteroatoms. The van der Waals surface area contributed by atoms with E-state index in [1.807, 2.05) is 0 Å². The van der Waals surface area contributed by atoms with Crippen molar-refractivity contribution in [3.05, 3.63) is 75.5 Å². The Morgan fingerprint density at radius 3 is 2.52 bits per heavy atom. The molecule has 150 valence electrons. The number of hydrogen-bond donors (Lipinski definition) is 1. The van der Waals surface area contributed by atoms with E-state index in [1.165, 1.54) is 25.0 Å². The van der Waals surface area contributed by atoms with Gasteiger partial charge in [-0.3, -0.25) is 4.79 Å². The molecule has 0 aliphatic heterocycles. The number of aryl methyl sites for hydroxylation is 1. The number of benzene rings is 2. The normalized spacial score (nSPS) is 10.4. The Morgan fingerprint density at radius 1 is 1.14 bits per heavy atom. The molecule has 0 radical (unpaired) electrons. The van der Waals surface area contributed by atoms with Crippen LogP contribution in [0.1, 0.15) is 21.6 Å². The van der Waals surface area contributed by atoms with Crippen molar-refractivity contribution in [1.82, 2.24) is 9.78 Å². The van der Waals surface area contributed by atoms with Crippen molar-refractivity contribution < 1.29 is 19.2 Å². The Labute approximate surface area is 167 Å². The monoisotopic (exact) mass is 396 g/mol. The van der Waals surface area contributed by atoms with Crippen LogP contribution in [0.4, 0.5) is 11.5 Å². The van der Waals surface area contributed by atoms with Crippen LogP contribution in [0.5, 0.6) is 11.5 Å². The highest BCUT2D eigenvalue weighted by atomic mass is 16.6. The molecule has 0 fully saturated rings. The van der Waals surface area contributed by atoms with Crippen molar-refractivity contribution in [3.8, 4) is 11.5 Å². The smallest absolute Gasteiger partial charge is 0.390 e. The average Bonchev–Trinajstić information content (AvgIpc) is 3.09. The highest BCUT2D eigenvalue weighted by Crippen LogP contribution is 2.30. The van der Waals surface area contributed by atoms with Crippen LogP contribution < -0.4 is 14.8 Å². The lowest BCUT2D eigenvalue weighted by atomic mass is 10.1. The second-order valence-electron chi connectivity index (χ2n) is 6.24. The number of nitro groups is 1. The van der Waals surface area contributed by atoms with Gasteiger partial charge in [-0.2, -0.15) is 4.68 Å². The minimum absolute atomic E-state index is 0.227. The van der Waals surface area contributed by atoms with E-state index in [9.17, 15) is 14.9 Å². The van der Waals surface area contributed by atoms with Crippen LogP contribution in [0.15, 0.2) is 48.5 Å². The number of carbonyl (C=O) groups is 1. The molecule has 1 heterocycles. The standard InChI is InChI=1S/C20H20N4O5/c1-13-10-19(24(26)27)22-23(13)12-14-6-4-5-7-16(14)20(25)21-15-8-9-17(28-2)18(11-15)29-3/h4-11H,12H2,1-3H3,(H,21,25). The Hall–Kier alpha value is -3.88. The minimum Gasteiger partial charge on any atom is -0.493 e. The minimum atomic E-state index is -0.542. The summed E-state index contributed by atoms with van der Waals surface area (Å²) in [5.74, 6) is 0.515. The van der Waals surface area contributed by atoms with Gasteiger partial charge < -0.3 is 24.9 Å². The number of ether oxygens (including phenoxy) is 2. The van der Waals surface area contributed by atoms with E-state index < -0.39 is 4.92 Å². The molecule has 1 N–H and O–H groups in total. The van der Waals surface area contributed by atoms with E-state index in [0.717, 1.165) is 0 Å². The van der Waals surface area contributed by atoms with Gasteiger partial charge in [-0.15, -0.1) is 0 Å². The Bertz CT molecular complexity index is 1060. The first kappa shape index (κ1) is 19.9. The topological polar surface area (TPSA) is 109 Å². The molecule has 0 bridgehead atoms. The molecule has 0 spiro atoms. The summed E-state index contributed by atoms with van der Waals surface area (Å²) in [5.41, 5.74) is 2.31. The predicted molar refractivity (Wildman–Crippen MR) is 107 cm³/mol. The van der Waals surface area contributed by atoms with Gasteiger partial charge in [0.1, 0.15) is 0 Å². The van der Waals surface area contributed by atoms with Crippen molar-refractivity contribution in [3.63, 3.8) is 0 Å². The molecule has 0 saturated carbocycles. The maximum absolute atomic E-state index is 12.9. The van der Waals surface area contributed by atoms with Gasteiger partial charge in [-0.1, -0.05) is 18.2 Å². The number of amides is 1. The van der Waals surface area contributed by atoms with Crippen LogP contribution in [-0.2, 0) is 6.54 Å². The van der Waals surface area contributed by atoms with Crippen LogP contribution in [0, 0.1) is 17.0 Å². The first-order valence-electron chi connectivity index (χ1n) is 8.73. The average molecular weight is 396 g/mol. The molecule has 29 heavy (non-hydrogen) atoms. The van der Waals surface area contributed by atoms with Crippen molar-refractivity contribution in [2.75, 3.05) is 19.5 Å². The van der Waals surface area contributed by atoms with E-state index in [4.69, 9.17) is 9.47 Å². The fourth-order valence-corrected chi connectivity index (χ4v) is 2.90. The summed E-state index contributed by atoms with van der Waals surface area (Å²) in [6.45, 7) is 1.96. The van der Waals surface area contributed by atoms with Gasteiger partial charge in [0.15, 0.2) is 11.5 Å². The number of nitrogens with zero attached hydrogens (tertiary/aromatic N) is 3. The molecular weight excluding hydrogens is 376 g/mol. The van der Waals surface area contributed by atoms with Crippen molar-refractivity contribution in [2.45, 2.75) is 13.5 Å². The molecular formula is C20H20N4O5. The zero-order valence-corrected chi connectivity index (χ0v) is 16.2. The quantitative estimate of drug-likeness (QED) is 0.484. The Kier molecular flexibility index (Phi) is 5.77. The third-order valence-electron chi connectivity index (χ3n) is 4.38. The summed E-state index contributed by atoms with van der Waals surface area (Å²) in [4.78, 5) is 23.3. The number of carbonyl (C=O) groups excluding carboxylic acids is 1. The van der Waals surface area contributed by atoms with Gasteiger partial charge >= 0.3 is 5.82 Å². The summed E-state index contributed by atoms with van der Waals surface area (Å²) in [5, 5.41) is 17.8. The number of aromatic nitrogens is 2. The fraction of sp³-hybridized carbons (Fsp3) is 0.200. The van der Waals surface area contributed by atoms with E-state index in [2.05, 4.69) is 10.4 Å². The predicted octanol–water partition coefficient (Wildman–Crippen LogP) is 3.42. The maximum atomic E-state index is 12.9. The number of hydrogen-bond acceptors (Lipinski definition) is 6. The Balaban J connectivity index is 1.85. The lowest BCUT2D eigenvalue weighted by Gasteiger charge is -2.12. The zero-order chi connectivity index (χ0) is 21.0. The van der Waals surface area contributed by atoms with Crippen LogP contribution in [0.25, 0.3) is 0 Å². The van der Waals surface area contributed by atoms with Crippen LogP contribution in [0.3, 0.4) is 0 Å². The van der Waals surface area contributed by atoms with Gasteiger partial charge in [-0.25, -0.2) is 0 Å². The van der Waals surface area contributed by atoms with Gasteiger partial charge in [0.05, 0.1) is 37.6 Å². The first-order chi connectivity index (χ1) is 13.9. The van der Waals surface area contributed by atoms with E-state index >= 15 is 0 Å². The summed E-state index contributed by atoms with van der Waals surface area (Å²) < 4.78 is 12.0. The highest BCUT2D eigenvalue weighted by Gasteiger charge is 2.18. The largest absolute Gasteiger partial charge is 0.493 e. The van der Waals surface area contributed by atoms with Crippen molar-refractivity contribution >= 4 is 17.4 Å². The lowest BCUT2D eigenvalue weighted by Crippen LogP contribution is -2.16. The van der Waals surface area contributed by atoms with Crippen LogP contribution in [-0.4, -0.2) is 34.8 Å². The molecule has 0 saturated heterocycles. The third kappa shape index (κ3) is 4.34. The third-order valence-corrected chi connectivity index (χ3v) is 4.38. The molecule has 3 aromatic rings. The first-order valence-corrected chi connectivity index (χ1v) is 8.73. The second-order valence-corrected chi connectivity index (χ2v) is 6.24. The molecule has 0 aliphatic rings. The second kappa shape index (κ2) is 8.42. The highest BCUT2D eigenvalue weighted by molar-refractivity contribution is 6.05. The molecule has 1 amide bonds. The Morgan fingerprint density at radius 2 is 1.86 bits per heavy atom. The molecule has 0 unspecified atom stereocenters. The molecule has 1 aromatic heterocycles. The van der Waals surface area contributed by atoms with E-state index in [1.54, 1.807) is 49.4 Å². The number of rotatable bonds is 7. The van der Waals surface area contributed by atoms with Gasteiger partial charge in [0.2, 0.25) is 0 Å². The summed E-state index contributed by atoms with van der Waals surface area (Å²) >= 11 is 0. The summed E-state index contributed by atoms with van der Waals surface area (Å²) in [6, 6.07) is 13.5. The maximum Gasteiger partial charge on any atom is 0.390 e. The van der Waals surface area contributed by atoms with E-state index in [-0.39, 0.29) is 18.3 Å². The van der Waals surface area contributed by atoms with Gasteiger partial charge in [-0.05, 0) is 35.6 Å². The fourth-order valence-electron chi connectivity index (χ4n) is 2.90. The van der Waals surface area contributed by atoms with Gasteiger partial charge in [0, 0.05) is 17.3 Å². The van der Waals surface area contributed by atoms with Crippen LogP contribution >= 0.6 is 0 Å². The summed E-state index contributed by atoms with van der Waals surface area (Å²) in [7, 11) is 3.05. The number of anilines is 1. The lowest BCUT2D eigenvalue weighted by molar-refractivity contribution is -0.389. The number of nitrogens with one attached hydrogen (secondary N) is 1.